The molecule has 0 amide bonds. The molecular weight excluding hydrogens is 318 g/mol. The van der Waals surface area contributed by atoms with Crippen LogP contribution in [0, 0.1) is 0 Å². The Morgan fingerprint density at radius 1 is 1.20 bits per heavy atom. The van der Waals surface area contributed by atoms with Gasteiger partial charge in [-0.1, -0.05) is 36.4 Å². The third-order valence-electron chi connectivity index (χ3n) is 4.21. The second-order valence-electron chi connectivity index (χ2n) is 6.04. The molecular formula is C20H23NO4. The average molecular weight is 341 g/mol. The van der Waals surface area contributed by atoms with E-state index in [0.29, 0.717) is 30.5 Å². The van der Waals surface area contributed by atoms with Crippen molar-refractivity contribution in [1.29, 1.82) is 0 Å². The maximum atomic E-state index is 12.1. The molecule has 25 heavy (non-hydrogen) atoms. The Labute approximate surface area is 147 Å². The third kappa shape index (κ3) is 4.81. The maximum Gasteiger partial charge on any atom is 0.341 e. The van der Waals surface area contributed by atoms with Crippen molar-refractivity contribution in [1.82, 2.24) is 5.32 Å². The first kappa shape index (κ1) is 17.5. The van der Waals surface area contributed by atoms with Crippen molar-refractivity contribution < 1.29 is 19.0 Å². The molecule has 3 rings (SSSR count). The van der Waals surface area contributed by atoms with Crippen molar-refractivity contribution in [3.05, 3.63) is 65.2 Å². The first-order chi connectivity index (χ1) is 12.3. The van der Waals surface area contributed by atoms with Gasteiger partial charge in [0.05, 0.1) is 13.7 Å². The topological polar surface area (TPSA) is 56.8 Å². The molecule has 132 valence electrons. The van der Waals surface area contributed by atoms with Crippen LogP contribution in [-0.4, -0.2) is 32.3 Å². The third-order valence-corrected chi connectivity index (χ3v) is 4.21. The van der Waals surface area contributed by atoms with Gasteiger partial charge in [0.1, 0.15) is 17.9 Å². The number of nitrogens with one attached hydrogen (secondary N) is 1. The van der Waals surface area contributed by atoms with E-state index in [1.165, 1.54) is 7.11 Å². The summed E-state index contributed by atoms with van der Waals surface area (Å²) in [5.74, 6) is 0.137. The van der Waals surface area contributed by atoms with Gasteiger partial charge in [-0.2, -0.15) is 0 Å². The molecule has 2 aromatic rings. The summed E-state index contributed by atoms with van der Waals surface area (Å²) in [4.78, 5) is 12.1. The van der Waals surface area contributed by atoms with Gasteiger partial charge < -0.3 is 19.5 Å². The monoisotopic (exact) mass is 341 g/mol. The summed E-state index contributed by atoms with van der Waals surface area (Å²) >= 11 is 0. The van der Waals surface area contributed by atoms with Gasteiger partial charge in [0.2, 0.25) is 0 Å². The van der Waals surface area contributed by atoms with Crippen LogP contribution in [0.4, 0.5) is 0 Å². The summed E-state index contributed by atoms with van der Waals surface area (Å²) in [6.45, 7) is 2.62. The minimum absolute atomic E-state index is 0.371. The van der Waals surface area contributed by atoms with Gasteiger partial charge in [-0.15, -0.1) is 0 Å². The van der Waals surface area contributed by atoms with Gasteiger partial charge in [-0.25, -0.2) is 4.79 Å². The fourth-order valence-corrected chi connectivity index (χ4v) is 2.78. The lowest BCUT2D eigenvalue weighted by Crippen LogP contribution is -2.28. The lowest BCUT2D eigenvalue weighted by atomic mass is 10.1. The molecule has 1 N–H and O–H groups in total. The second-order valence-corrected chi connectivity index (χ2v) is 6.04. The minimum Gasteiger partial charge on any atom is -0.488 e. The highest BCUT2D eigenvalue weighted by Crippen LogP contribution is 2.23. The van der Waals surface area contributed by atoms with Crippen LogP contribution in [0.25, 0.3) is 0 Å². The second kappa shape index (κ2) is 8.65. The Bertz CT molecular complexity index is 696. The molecule has 0 radical (unpaired) electrons. The molecule has 1 heterocycles. The van der Waals surface area contributed by atoms with Crippen molar-refractivity contribution in [3.63, 3.8) is 0 Å². The summed E-state index contributed by atoms with van der Waals surface area (Å²) < 4.78 is 16.1. The predicted molar refractivity (Wildman–Crippen MR) is 94.6 cm³/mol. The van der Waals surface area contributed by atoms with Crippen LogP contribution in [0.3, 0.4) is 0 Å². The van der Waals surface area contributed by atoms with Crippen molar-refractivity contribution >= 4 is 5.97 Å². The first-order valence-corrected chi connectivity index (χ1v) is 8.45. The molecule has 2 aromatic carbocycles. The van der Waals surface area contributed by atoms with Crippen LogP contribution >= 0.6 is 0 Å². The van der Waals surface area contributed by atoms with E-state index in [9.17, 15) is 4.79 Å². The fourth-order valence-electron chi connectivity index (χ4n) is 2.78. The highest BCUT2D eigenvalue weighted by Gasteiger charge is 2.17. The zero-order valence-electron chi connectivity index (χ0n) is 14.4. The fraction of sp³-hybridized carbons (Fsp3) is 0.350. The van der Waals surface area contributed by atoms with Gasteiger partial charge in [-0.3, -0.25) is 0 Å². The molecule has 1 fully saturated rings. The van der Waals surface area contributed by atoms with Crippen molar-refractivity contribution in [2.45, 2.75) is 25.6 Å². The summed E-state index contributed by atoms with van der Waals surface area (Å²) in [5, 5.41) is 3.44. The van der Waals surface area contributed by atoms with E-state index in [2.05, 4.69) is 5.32 Å². The van der Waals surface area contributed by atoms with E-state index in [-0.39, 0.29) is 0 Å². The van der Waals surface area contributed by atoms with E-state index in [1.54, 1.807) is 0 Å². The number of carbonyl (C=O) groups excluding carboxylic acids is 1. The first-order valence-electron chi connectivity index (χ1n) is 8.45. The van der Waals surface area contributed by atoms with Gasteiger partial charge in [0.25, 0.3) is 0 Å². The number of rotatable bonds is 7. The Kier molecular flexibility index (Phi) is 6.04. The number of methoxy groups -OCH3 is 1. The predicted octanol–water partition coefficient (Wildman–Crippen LogP) is 2.93. The van der Waals surface area contributed by atoms with Gasteiger partial charge in [-0.05, 0) is 29.7 Å². The molecule has 1 aliphatic heterocycles. The molecule has 5 nitrogen and oxygen atoms in total. The number of hydrogen-bond acceptors (Lipinski definition) is 5. The molecule has 5 heteroatoms. The molecule has 1 aliphatic rings. The van der Waals surface area contributed by atoms with Crippen molar-refractivity contribution in [3.8, 4) is 5.75 Å². The summed E-state index contributed by atoms with van der Waals surface area (Å²) in [7, 11) is 1.38. The number of hydrogen-bond donors (Lipinski definition) is 1. The quantitative estimate of drug-likeness (QED) is 0.785. The van der Waals surface area contributed by atoms with Crippen LogP contribution in [0.1, 0.15) is 27.9 Å². The van der Waals surface area contributed by atoms with Gasteiger partial charge in [0, 0.05) is 19.2 Å². The molecule has 0 spiro atoms. The summed E-state index contributed by atoms with van der Waals surface area (Å²) in [6.07, 6.45) is 1.02. The van der Waals surface area contributed by atoms with E-state index in [1.807, 2.05) is 48.5 Å². The molecule has 1 atom stereocenters. The molecule has 1 saturated heterocycles. The highest BCUT2D eigenvalue weighted by atomic mass is 16.5. The summed E-state index contributed by atoms with van der Waals surface area (Å²) in [5.41, 5.74) is 2.50. The van der Waals surface area contributed by atoms with Gasteiger partial charge >= 0.3 is 5.97 Å². The molecule has 0 aromatic heterocycles. The average Bonchev–Trinajstić information content (AvgIpc) is 3.19. The highest BCUT2D eigenvalue weighted by molar-refractivity contribution is 5.92. The Balaban J connectivity index is 1.69. The maximum absolute atomic E-state index is 12.1. The number of ether oxygens (including phenoxy) is 3. The minimum atomic E-state index is -0.394. The molecule has 1 unspecified atom stereocenters. The SMILES string of the molecule is COC(=O)c1cc(CNC2CCOC2)ccc1OCc1ccccc1. The van der Waals surface area contributed by atoms with Crippen LogP contribution < -0.4 is 10.1 Å². The van der Waals surface area contributed by atoms with Crippen molar-refractivity contribution in [2.24, 2.45) is 0 Å². The van der Waals surface area contributed by atoms with Crippen molar-refractivity contribution in [2.75, 3.05) is 20.3 Å². The molecule has 0 aliphatic carbocycles. The van der Waals surface area contributed by atoms with Crippen LogP contribution in [0.15, 0.2) is 48.5 Å². The Hall–Kier alpha value is -2.37. The van der Waals surface area contributed by atoms with E-state index < -0.39 is 5.97 Å². The van der Waals surface area contributed by atoms with Crippen LogP contribution in [0.5, 0.6) is 5.75 Å². The van der Waals surface area contributed by atoms with Crippen LogP contribution in [0.2, 0.25) is 0 Å². The van der Waals surface area contributed by atoms with E-state index >= 15 is 0 Å². The van der Waals surface area contributed by atoms with E-state index in [0.717, 1.165) is 30.8 Å². The summed E-state index contributed by atoms with van der Waals surface area (Å²) in [6, 6.07) is 15.8. The number of benzene rings is 2. The zero-order valence-corrected chi connectivity index (χ0v) is 14.4. The number of esters is 1. The Morgan fingerprint density at radius 3 is 2.76 bits per heavy atom. The smallest absolute Gasteiger partial charge is 0.341 e. The molecule has 0 bridgehead atoms. The van der Waals surface area contributed by atoms with Crippen LogP contribution in [-0.2, 0) is 22.6 Å². The lowest BCUT2D eigenvalue weighted by Gasteiger charge is -2.14. The normalized spacial score (nSPS) is 16.6. The van der Waals surface area contributed by atoms with Gasteiger partial charge in [0.15, 0.2) is 0 Å². The standard InChI is InChI=1S/C20H23NO4/c1-23-20(22)18-11-16(12-21-17-9-10-24-14-17)7-8-19(18)25-13-15-5-3-2-4-6-15/h2-8,11,17,21H,9-10,12-14H2,1H3. The lowest BCUT2D eigenvalue weighted by molar-refractivity contribution is 0.0595. The molecule has 0 saturated carbocycles. The Morgan fingerprint density at radius 2 is 2.04 bits per heavy atom. The van der Waals surface area contributed by atoms with E-state index in [4.69, 9.17) is 14.2 Å². The number of carbonyl (C=O) groups is 1. The zero-order chi connectivity index (χ0) is 17.5. The largest absolute Gasteiger partial charge is 0.488 e.